The Bertz CT molecular complexity index is 1030. The highest BCUT2D eigenvalue weighted by atomic mass is 19.4. The third-order valence-corrected chi connectivity index (χ3v) is 4.50. The minimum absolute atomic E-state index is 0.0543. The summed E-state index contributed by atoms with van der Waals surface area (Å²) in [4.78, 5) is 12.1. The number of carbonyl (C=O) groups excluding carboxylic acids is 1. The number of carbonyl (C=O) groups is 1. The number of aromatic nitrogens is 2. The molecule has 2 aromatic rings. The molecule has 0 radical (unpaired) electrons. The first kappa shape index (κ1) is 25.8. The standard InChI is InChI=1S/C20H27F3N8O2/c1-5-18(27-26-14(3)16-9-10-30(28-16)12-20(21,22)23)33-11-15-13(2)7-6-8-17(15)31(25)19(32)29(4)24/h6-10H,5,11-12,24-25H2,1-4H3/b26-14+,27-18?. The summed E-state index contributed by atoms with van der Waals surface area (Å²) >= 11 is 0. The van der Waals surface area contributed by atoms with Crippen molar-refractivity contribution >= 4 is 23.3 Å². The van der Waals surface area contributed by atoms with E-state index in [1.807, 2.05) is 19.9 Å². The molecule has 1 heterocycles. The van der Waals surface area contributed by atoms with Crippen molar-refractivity contribution in [3.8, 4) is 0 Å². The van der Waals surface area contributed by atoms with Gasteiger partial charge in [-0.15, -0.1) is 5.10 Å². The van der Waals surface area contributed by atoms with Gasteiger partial charge in [0.25, 0.3) is 0 Å². The summed E-state index contributed by atoms with van der Waals surface area (Å²) in [6.07, 6.45) is -2.74. The highest BCUT2D eigenvalue weighted by Crippen LogP contribution is 2.24. The lowest BCUT2D eigenvalue weighted by Crippen LogP contribution is -2.49. The van der Waals surface area contributed by atoms with Crippen LogP contribution in [0.15, 0.2) is 40.7 Å². The smallest absolute Gasteiger partial charge is 0.408 e. The van der Waals surface area contributed by atoms with Crippen molar-refractivity contribution in [2.24, 2.45) is 21.9 Å². The maximum Gasteiger partial charge on any atom is 0.408 e. The van der Waals surface area contributed by atoms with Gasteiger partial charge < -0.3 is 4.74 Å². The van der Waals surface area contributed by atoms with Crippen molar-refractivity contribution < 1.29 is 22.7 Å². The number of urea groups is 1. The van der Waals surface area contributed by atoms with E-state index >= 15 is 0 Å². The van der Waals surface area contributed by atoms with E-state index in [1.165, 1.54) is 19.3 Å². The zero-order valence-corrected chi connectivity index (χ0v) is 18.8. The maximum absolute atomic E-state index is 12.5. The van der Waals surface area contributed by atoms with E-state index in [9.17, 15) is 18.0 Å². The highest BCUT2D eigenvalue weighted by Gasteiger charge is 2.28. The van der Waals surface area contributed by atoms with E-state index in [1.54, 1.807) is 19.1 Å². The van der Waals surface area contributed by atoms with E-state index in [2.05, 4.69) is 15.3 Å². The third kappa shape index (κ3) is 7.29. The average molecular weight is 468 g/mol. The van der Waals surface area contributed by atoms with E-state index in [0.717, 1.165) is 20.3 Å². The molecule has 1 aromatic carbocycles. The molecule has 0 saturated carbocycles. The van der Waals surface area contributed by atoms with Crippen molar-refractivity contribution in [3.63, 3.8) is 0 Å². The molecule has 0 saturated heterocycles. The lowest BCUT2D eigenvalue weighted by molar-refractivity contribution is -0.142. The second-order valence-electron chi connectivity index (χ2n) is 7.17. The van der Waals surface area contributed by atoms with Gasteiger partial charge in [0.05, 0.1) is 11.4 Å². The molecule has 0 fully saturated rings. The Balaban J connectivity index is 2.17. The zero-order valence-electron chi connectivity index (χ0n) is 18.8. The van der Waals surface area contributed by atoms with E-state index < -0.39 is 18.8 Å². The van der Waals surface area contributed by atoms with Crippen LogP contribution >= 0.6 is 0 Å². The van der Waals surface area contributed by atoms with Crippen LogP contribution in [0, 0.1) is 6.92 Å². The van der Waals surface area contributed by atoms with Crippen molar-refractivity contribution in [2.45, 2.75) is 46.5 Å². The molecular weight excluding hydrogens is 441 g/mol. The first-order valence-corrected chi connectivity index (χ1v) is 9.93. The number of benzene rings is 1. The van der Waals surface area contributed by atoms with Gasteiger partial charge in [-0.3, -0.25) is 9.69 Å². The number of hydrogen-bond donors (Lipinski definition) is 2. The number of ether oxygens (including phenoxy) is 1. The number of rotatable bonds is 7. The van der Waals surface area contributed by atoms with Crippen molar-refractivity contribution in [2.75, 3.05) is 12.1 Å². The molecule has 0 aliphatic carbocycles. The Morgan fingerprint density at radius 1 is 1.24 bits per heavy atom. The van der Waals surface area contributed by atoms with Gasteiger partial charge in [-0.2, -0.15) is 23.4 Å². The fourth-order valence-electron chi connectivity index (χ4n) is 2.74. The van der Waals surface area contributed by atoms with Crippen LogP contribution in [0.3, 0.4) is 0 Å². The predicted molar refractivity (Wildman–Crippen MR) is 118 cm³/mol. The lowest BCUT2D eigenvalue weighted by Gasteiger charge is -2.24. The Labute approximate surface area is 189 Å². The number of nitrogens with two attached hydrogens (primary N) is 2. The molecule has 0 spiro atoms. The first-order chi connectivity index (χ1) is 15.4. The fraction of sp³-hybridized carbons (Fsp3) is 0.400. The van der Waals surface area contributed by atoms with Gasteiger partial charge in [-0.1, -0.05) is 19.1 Å². The molecule has 2 rings (SSSR count). The fourth-order valence-corrected chi connectivity index (χ4v) is 2.74. The highest BCUT2D eigenvalue weighted by molar-refractivity contribution is 5.97. The number of hydrazine groups is 2. The molecule has 180 valence electrons. The van der Waals surface area contributed by atoms with Gasteiger partial charge in [-0.25, -0.2) is 21.5 Å². The van der Waals surface area contributed by atoms with E-state index in [0.29, 0.717) is 23.4 Å². The van der Waals surface area contributed by atoms with Crippen LogP contribution in [-0.2, 0) is 17.9 Å². The molecule has 4 N–H and O–H groups in total. The number of anilines is 1. The SMILES string of the molecule is CCC(=N/N=C(\C)c1ccn(CC(F)(F)F)n1)OCc1c(C)cccc1N(N)C(=O)N(C)N. The number of hydrogen-bond acceptors (Lipinski definition) is 7. The molecule has 10 nitrogen and oxygen atoms in total. The summed E-state index contributed by atoms with van der Waals surface area (Å²) in [6.45, 7) is 4.10. The van der Waals surface area contributed by atoms with Crippen LogP contribution in [0.2, 0.25) is 0 Å². The molecule has 0 atom stereocenters. The van der Waals surface area contributed by atoms with Crippen LogP contribution < -0.4 is 16.7 Å². The topological polar surface area (TPSA) is 127 Å². The third-order valence-electron chi connectivity index (χ3n) is 4.50. The van der Waals surface area contributed by atoms with E-state index in [-0.39, 0.29) is 18.2 Å². The second-order valence-corrected chi connectivity index (χ2v) is 7.17. The number of halogens is 3. The normalized spacial score (nSPS) is 12.6. The van der Waals surface area contributed by atoms with Gasteiger partial charge in [0.15, 0.2) is 0 Å². The van der Waals surface area contributed by atoms with Crippen LogP contribution in [0.5, 0.6) is 0 Å². The van der Waals surface area contributed by atoms with Crippen molar-refractivity contribution in [3.05, 3.63) is 47.3 Å². The molecule has 1 aromatic heterocycles. The van der Waals surface area contributed by atoms with Gasteiger partial charge in [0.2, 0.25) is 5.90 Å². The number of nitrogens with zero attached hydrogens (tertiary/aromatic N) is 6. The summed E-state index contributed by atoms with van der Waals surface area (Å²) in [7, 11) is 1.38. The van der Waals surface area contributed by atoms with Gasteiger partial charge in [0, 0.05) is 25.2 Å². The quantitative estimate of drug-likeness (QED) is 0.212. The Hall–Kier alpha value is -3.45. The predicted octanol–water partition coefficient (Wildman–Crippen LogP) is 3.11. The molecule has 33 heavy (non-hydrogen) atoms. The van der Waals surface area contributed by atoms with Gasteiger partial charge in [-0.05, 0) is 31.5 Å². The minimum atomic E-state index is -4.37. The minimum Gasteiger partial charge on any atom is -0.475 e. The molecule has 13 heteroatoms. The average Bonchev–Trinajstić information content (AvgIpc) is 3.20. The molecule has 0 aliphatic heterocycles. The molecule has 0 bridgehead atoms. The summed E-state index contributed by atoms with van der Waals surface area (Å²) in [5.41, 5.74) is 2.50. The van der Waals surface area contributed by atoms with Gasteiger partial charge in [0.1, 0.15) is 18.8 Å². The summed E-state index contributed by atoms with van der Waals surface area (Å²) < 4.78 is 44.1. The molecule has 2 amide bonds. The monoisotopic (exact) mass is 468 g/mol. The van der Waals surface area contributed by atoms with Crippen molar-refractivity contribution in [1.29, 1.82) is 0 Å². The summed E-state index contributed by atoms with van der Waals surface area (Å²) in [5.74, 6) is 11.7. The first-order valence-electron chi connectivity index (χ1n) is 9.93. The van der Waals surface area contributed by atoms with Crippen LogP contribution in [0.1, 0.15) is 37.1 Å². The largest absolute Gasteiger partial charge is 0.475 e. The number of aryl methyl sites for hydroxylation is 1. The zero-order chi connectivity index (χ0) is 24.8. The number of alkyl halides is 3. The Kier molecular flexibility index (Phi) is 8.54. The summed E-state index contributed by atoms with van der Waals surface area (Å²) in [6, 6.07) is 6.06. The van der Waals surface area contributed by atoms with Crippen LogP contribution in [0.4, 0.5) is 23.7 Å². The Morgan fingerprint density at radius 3 is 2.55 bits per heavy atom. The molecule has 0 aliphatic rings. The maximum atomic E-state index is 12.5. The molecule has 0 unspecified atom stereocenters. The van der Waals surface area contributed by atoms with E-state index in [4.69, 9.17) is 16.4 Å². The number of amides is 2. The second kappa shape index (κ2) is 10.9. The van der Waals surface area contributed by atoms with Crippen LogP contribution in [-0.4, -0.2) is 45.7 Å². The van der Waals surface area contributed by atoms with Crippen LogP contribution in [0.25, 0.3) is 0 Å². The lowest BCUT2D eigenvalue weighted by atomic mass is 10.1. The Morgan fingerprint density at radius 2 is 1.94 bits per heavy atom. The molecular formula is C20H27F3N8O2. The van der Waals surface area contributed by atoms with Crippen molar-refractivity contribution in [1.82, 2.24) is 14.8 Å². The van der Waals surface area contributed by atoms with Gasteiger partial charge >= 0.3 is 12.2 Å². The summed E-state index contributed by atoms with van der Waals surface area (Å²) in [5, 5.41) is 13.7.